The van der Waals surface area contributed by atoms with Crippen molar-refractivity contribution in [1.29, 1.82) is 0 Å². The fourth-order valence-electron chi connectivity index (χ4n) is 1.17. The van der Waals surface area contributed by atoms with Crippen LogP contribution in [0.25, 0.3) is 0 Å². The normalized spacial score (nSPS) is 11.7. The van der Waals surface area contributed by atoms with Gasteiger partial charge >= 0.3 is 0 Å². The third kappa shape index (κ3) is 6.26. The zero-order valence-corrected chi connectivity index (χ0v) is 9.82. The molecule has 1 aromatic rings. The van der Waals surface area contributed by atoms with E-state index in [2.05, 4.69) is 12.1 Å². The van der Waals surface area contributed by atoms with Gasteiger partial charge in [-0.05, 0) is 26.3 Å². The van der Waals surface area contributed by atoms with Crippen LogP contribution < -0.4 is 0 Å². The highest BCUT2D eigenvalue weighted by Crippen LogP contribution is 2.06. The van der Waals surface area contributed by atoms with Crippen LogP contribution in [0.5, 0.6) is 0 Å². The van der Waals surface area contributed by atoms with Crippen molar-refractivity contribution in [2.24, 2.45) is 0 Å². The molecule has 2 nitrogen and oxygen atoms in total. The Bertz CT molecular complexity index is 262. The highest BCUT2D eigenvalue weighted by atomic mass is 16.5. The fourth-order valence-corrected chi connectivity index (χ4v) is 1.17. The topological polar surface area (TPSA) is 18.5 Å². The summed E-state index contributed by atoms with van der Waals surface area (Å²) in [4.78, 5) is 0. The Morgan fingerprint density at radius 3 is 2.27 bits per heavy atom. The van der Waals surface area contributed by atoms with Gasteiger partial charge in [-0.1, -0.05) is 30.3 Å². The molecule has 0 aliphatic heterocycles. The summed E-state index contributed by atoms with van der Waals surface area (Å²) in [6.07, 6.45) is 0. The fraction of sp³-hybridized carbons (Fsp3) is 0.538. The van der Waals surface area contributed by atoms with Crippen molar-refractivity contribution in [3.63, 3.8) is 0 Å². The molecule has 84 valence electrons. The van der Waals surface area contributed by atoms with Crippen molar-refractivity contribution >= 4 is 0 Å². The summed E-state index contributed by atoms with van der Waals surface area (Å²) in [5, 5.41) is 0. The third-order valence-corrected chi connectivity index (χ3v) is 1.87. The van der Waals surface area contributed by atoms with E-state index in [9.17, 15) is 0 Å². The van der Waals surface area contributed by atoms with E-state index in [1.165, 1.54) is 5.56 Å². The standard InChI is InChI=1S/C13H20O2/c1-13(2,3)15-10-9-14-11-12-7-5-4-6-8-12/h4-8H,9-11H2,1-3H3. The summed E-state index contributed by atoms with van der Waals surface area (Å²) in [6.45, 7) is 8.09. The first kappa shape index (κ1) is 12.2. The molecule has 0 fully saturated rings. The second-order valence-electron chi connectivity index (χ2n) is 4.50. The van der Waals surface area contributed by atoms with Crippen LogP contribution >= 0.6 is 0 Å². The van der Waals surface area contributed by atoms with Gasteiger partial charge in [-0.15, -0.1) is 0 Å². The predicted molar refractivity (Wildman–Crippen MR) is 61.8 cm³/mol. The van der Waals surface area contributed by atoms with Crippen molar-refractivity contribution in [3.05, 3.63) is 35.9 Å². The molecule has 0 heterocycles. The summed E-state index contributed by atoms with van der Waals surface area (Å²) in [7, 11) is 0. The van der Waals surface area contributed by atoms with Crippen LogP contribution in [-0.4, -0.2) is 18.8 Å². The molecule has 0 radical (unpaired) electrons. The highest BCUT2D eigenvalue weighted by molar-refractivity contribution is 5.13. The average molecular weight is 208 g/mol. The van der Waals surface area contributed by atoms with E-state index in [4.69, 9.17) is 9.47 Å². The minimum atomic E-state index is -0.0733. The van der Waals surface area contributed by atoms with Crippen LogP contribution in [0, 0.1) is 0 Å². The third-order valence-electron chi connectivity index (χ3n) is 1.87. The lowest BCUT2D eigenvalue weighted by Crippen LogP contribution is -2.21. The SMILES string of the molecule is CC(C)(C)OCCOCc1ccccc1. The van der Waals surface area contributed by atoms with Gasteiger partial charge in [0.15, 0.2) is 0 Å². The summed E-state index contributed by atoms with van der Waals surface area (Å²) < 4.78 is 11.0. The lowest BCUT2D eigenvalue weighted by atomic mass is 10.2. The minimum Gasteiger partial charge on any atom is -0.374 e. The largest absolute Gasteiger partial charge is 0.374 e. The van der Waals surface area contributed by atoms with Crippen molar-refractivity contribution in [2.75, 3.05) is 13.2 Å². The van der Waals surface area contributed by atoms with E-state index in [0.29, 0.717) is 19.8 Å². The number of ether oxygens (including phenoxy) is 2. The molecule has 0 aliphatic carbocycles. The Balaban J connectivity index is 2.08. The number of hydrogen-bond acceptors (Lipinski definition) is 2. The molecular formula is C13H20O2. The van der Waals surface area contributed by atoms with Gasteiger partial charge in [0, 0.05) is 0 Å². The van der Waals surface area contributed by atoms with E-state index in [0.717, 1.165) is 0 Å². The van der Waals surface area contributed by atoms with Gasteiger partial charge in [-0.25, -0.2) is 0 Å². The molecule has 0 saturated heterocycles. The van der Waals surface area contributed by atoms with Gasteiger partial charge in [0.1, 0.15) is 0 Å². The van der Waals surface area contributed by atoms with Crippen LogP contribution in [0.1, 0.15) is 26.3 Å². The maximum Gasteiger partial charge on any atom is 0.0718 e. The van der Waals surface area contributed by atoms with Gasteiger partial charge in [0.25, 0.3) is 0 Å². The maximum absolute atomic E-state index is 5.54. The maximum atomic E-state index is 5.54. The minimum absolute atomic E-state index is 0.0733. The Hall–Kier alpha value is -0.860. The summed E-state index contributed by atoms with van der Waals surface area (Å²) in [5.41, 5.74) is 1.13. The van der Waals surface area contributed by atoms with Crippen molar-refractivity contribution in [2.45, 2.75) is 33.0 Å². The van der Waals surface area contributed by atoms with Gasteiger partial charge in [-0.2, -0.15) is 0 Å². The molecule has 0 spiro atoms. The van der Waals surface area contributed by atoms with E-state index in [1.54, 1.807) is 0 Å². The predicted octanol–water partition coefficient (Wildman–Crippen LogP) is 3.02. The molecule has 0 N–H and O–H groups in total. The molecule has 1 aromatic carbocycles. The van der Waals surface area contributed by atoms with Crippen molar-refractivity contribution in [3.8, 4) is 0 Å². The lowest BCUT2D eigenvalue weighted by Gasteiger charge is -2.19. The summed E-state index contributed by atoms with van der Waals surface area (Å²) in [6, 6.07) is 10.2. The molecule has 0 aromatic heterocycles. The smallest absolute Gasteiger partial charge is 0.0718 e. The average Bonchev–Trinajstić information content (AvgIpc) is 2.17. The second-order valence-corrected chi connectivity index (χ2v) is 4.50. The molecule has 0 saturated carbocycles. The first-order valence-corrected chi connectivity index (χ1v) is 5.33. The van der Waals surface area contributed by atoms with Crippen LogP contribution in [0.4, 0.5) is 0 Å². The highest BCUT2D eigenvalue weighted by Gasteiger charge is 2.08. The molecule has 0 unspecified atom stereocenters. The van der Waals surface area contributed by atoms with Crippen molar-refractivity contribution < 1.29 is 9.47 Å². The van der Waals surface area contributed by atoms with Crippen molar-refractivity contribution in [1.82, 2.24) is 0 Å². The second kappa shape index (κ2) is 5.89. The number of hydrogen-bond donors (Lipinski definition) is 0. The Morgan fingerprint density at radius 2 is 1.67 bits per heavy atom. The summed E-state index contributed by atoms with van der Waals surface area (Å²) >= 11 is 0. The monoisotopic (exact) mass is 208 g/mol. The van der Waals surface area contributed by atoms with Crippen LogP contribution in [0.3, 0.4) is 0 Å². The molecule has 0 bridgehead atoms. The molecule has 1 rings (SSSR count). The Morgan fingerprint density at radius 1 is 1.00 bits per heavy atom. The van der Waals surface area contributed by atoms with E-state index < -0.39 is 0 Å². The van der Waals surface area contributed by atoms with Crippen LogP contribution in [0.2, 0.25) is 0 Å². The number of benzene rings is 1. The quantitative estimate of drug-likeness (QED) is 0.692. The number of rotatable bonds is 5. The van der Waals surface area contributed by atoms with Crippen LogP contribution in [0.15, 0.2) is 30.3 Å². The Kier molecular flexibility index (Phi) is 4.79. The van der Waals surface area contributed by atoms with Crippen LogP contribution in [-0.2, 0) is 16.1 Å². The van der Waals surface area contributed by atoms with Gasteiger partial charge < -0.3 is 9.47 Å². The summed E-state index contributed by atoms with van der Waals surface area (Å²) in [5.74, 6) is 0. The zero-order chi connectivity index (χ0) is 11.1. The molecule has 15 heavy (non-hydrogen) atoms. The molecule has 0 atom stereocenters. The van der Waals surface area contributed by atoms with Gasteiger partial charge in [0.05, 0.1) is 25.4 Å². The Labute approximate surface area is 92.2 Å². The van der Waals surface area contributed by atoms with E-state index in [1.807, 2.05) is 39.0 Å². The molecule has 2 heteroatoms. The lowest BCUT2D eigenvalue weighted by molar-refractivity contribution is -0.0376. The first-order chi connectivity index (χ1) is 7.08. The van der Waals surface area contributed by atoms with Gasteiger partial charge in [-0.3, -0.25) is 0 Å². The zero-order valence-electron chi connectivity index (χ0n) is 9.82. The van der Waals surface area contributed by atoms with Gasteiger partial charge in [0.2, 0.25) is 0 Å². The van der Waals surface area contributed by atoms with E-state index in [-0.39, 0.29) is 5.60 Å². The van der Waals surface area contributed by atoms with E-state index >= 15 is 0 Å². The first-order valence-electron chi connectivity index (χ1n) is 5.33. The molecule has 0 amide bonds. The molecule has 0 aliphatic rings. The molecular weight excluding hydrogens is 188 g/mol.